The van der Waals surface area contributed by atoms with E-state index in [0.717, 1.165) is 37.5 Å². The van der Waals surface area contributed by atoms with Crippen LogP contribution in [0.15, 0.2) is 29.5 Å². The van der Waals surface area contributed by atoms with Gasteiger partial charge in [0.2, 0.25) is 5.75 Å². The second-order valence-corrected chi connectivity index (χ2v) is 6.28. The fourth-order valence-electron chi connectivity index (χ4n) is 2.84. The molecule has 0 radical (unpaired) electrons. The molecule has 2 N–H and O–H groups in total. The summed E-state index contributed by atoms with van der Waals surface area (Å²) in [4.78, 5) is 4.66. The highest BCUT2D eigenvalue weighted by Gasteiger charge is 2.13. The lowest BCUT2D eigenvalue weighted by Crippen LogP contribution is -2.37. The number of nitrogens with zero attached hydrogens (tertiary/aromatic N) is 3. The standard InChI is InChI=1S/C20H31N5O3.HI/c1-6-21-20(22-9-7-8-15-13-24-25(2)14-15)23-12-16-10-17(26-3)19(28-5)18(11-16)27-4;/h10-11,13-14H,6-9,12H2,1-5H3,(H2,21,22,23);1H. The number of hydrogen-bond donors (Lipinski definition) is 2. The van der Waals surface area contributed by atoms with Gasteiger partial charge >= 0.3 is 0 Å². The van der Waals surface area contributed by atoms with Gasteiger partial charge in [-0.1, -0.05) is 0 Å². The number of ether oxygens (including phenoxy) is 3. The molecule has 1 aromatic carbocycles. The molecule has 0 aliphatic carbocycles. The van der Waals surface area contributed by atoms with Gasteiger partial charge in [0.05, 0.1) is 34.1 Å². The molecule has 0 saturated carbocycles. The van der Waals surface area contributed by atoms with Gasteiger partial charge in [-0.2, -0.15) is 5.10 Å². The molecule has 9 heteroatoms. The van der Waals surface area contributed by atoms with E-state index in [0.29, 0.717) is 23.8 Å². The van der Waals surface area contributed by atoms with E-state index in [-0.39, 0.29) is 24.0 Å². The third-order valence-corrected chi connectivity index (χ3v) is 4.18. The first-order valence-electron chi connectivity index (χ1n) is 9.39. The Kier molecular flexibility index (Phi) is 11.3. The minimum atomic E-state index is 0. The lowest BCUT2D eigenvalue weighted by atomic mass is 10.2. The number of rotatable bonds is 10. The van der Waals surface area contributed by atoms with E-state index < -0.39 is 0 Å². The fraction of sp³-hybridized carbons (Fsp3) is 0.500. The summed E-state index contributed by atoms with van der Waals surface area (Å²) in [5.41, 5.74) is 2.21. The Morgan fingerprint density at radius 1 is 1.07 bits per heavy atom. The van der Waals surface area contributed by atoms with Crippen molar-refractivity contribution in [3.63, 3.8) is 0 Å². The van der Waals surface area contributed by atoms with Crippen LogP contribution in [0.25, 0.3) is 0 Å². The smallest absolute Gasteiger partial charge is 0.203 e. The maximum atomic E-state index is 5.41. The first kappa shape index (κ1) is 24.9. The number of hydrogen-bond acceptors (Lipinski definition) is 5. The van der Waals surface area contributed by atoms with Crippen molar-refractivity contribution in [3.8, 4) is 17.2 Å². The van der Waals surface area contributed by atoms with E-state index in [1.54, 1.807) is 21.3 Å². The van der Waals surface area contributed by atoms with Gasteiger partial charge in [0.25, 0.3) is 0 Å². The van der Waals surface area contributed by atoms with Crippen LogP contribution in [-0.2, 0) is 20.0 Å². The van der Waals surface area contributed by atoms with Crippen molar-refractivity contribution in [2.45, 2.75) is 26.3 Å². The zero-order valence-corrected chi connectivity index (χ0v) is 20.1. The number of aliphatic imine (C=N–C) groups is 1. The first-order chi connectivity index (χ1) is 13.6. The quantitative estimate of drug-likeness (QED) is 0.218. The highest BCUT2D eigenvalue weighted by molar-refractivity contribution is 14.0. The Morgan fingerprint density at radius 3 is 2.28 bits per heavy atom. The molecule has 0 bridgehead atoms. The molecule has 0 atom stereocenters. The van der Waals surface area contributed by atoms with Crippen molar-refractivity contribution >= 4 is 29.9 Å². The number of methoxy groups -OCH3 is 3. The van der Waals surface area contributed by atoms with E-state index in [2.05, 4.69) is 20.7 Å². The summed E-state index contributed by atoms with van der Waals surface area (Å²) < 4.78 is 18.0. The number of aromatic nitrogens is 2. The molecular weight excluding hydrogens is 485 g/mol. The lowest BCUT2D eigenvalue weighted by molar-refractivity contribution is 0.324. The van der Waals surface area contributed by atoms with Crippen LogP contribution in [0.1, 0.15) is 24.5 Å². The summed E-state index contributed by atoms with van der Waals surface area (Å²) in [5, 5.41) is 10.8. The molecule has 0 saturated heterocycles. The SMILES string of the molecule is CCNC(=NCc1cc(OC)c(OC)c(OC)c1)NCCCc1cnn(C)c1.I. The highest BCUT2D eigenvalue weighted by atomic mass is 127. The van der Waals surface area contributed by atoms with E-state index in [4.69, 9.17) is 14.2 Å². The number of aryl methyl sites for hydroxylation is 2. The Bertz CT molecular complexity index is 754. The molecule has 0 unspecified atom stereocenters. The van der Waals surface area contributed by atoms with E-state index in [9.17, 15) is 0 Å². The highest BCUT2D eigenvalue weighted by Crippen LogP contribution is 2.38. The van der Waals surface area contributed by atoms with Crippen molar-refractivity contribution in [1.29, 1.82) is 0 Å². The molecule has 1 aromatic heterocycles. The summed E-state index contributed by atoms with van der Waals surface area (Å²) in [6.45, 7) is 4.17. The normalized spacial score (nSPS) is 10.9. The van der Waals surface area contributed by atoms with E-state index >= 15 is 0 Å². The second kappa shape index (κ2) is 13.1. The molecule has 8 nitrogen and oxygen atoms in total. The Labute approximate surface area is 190 Å². The van der Waals surface area contributed by atoms with Gasteiger partial charge in [0.1, 0.15) is 0 Å². The van der Waals surface area contributed by atoms with Gasteiger partial charge in [-0.15, -0.1) is 24.0 Å². The van der Waals surface area contributed by atoms with Crippen LogP contribution in [-0.4, -0.2) is 50.2 Å². The molecule has 1 heterocycles. The van der Waals surface area contributed by atoms with Crippen molar-refractivity contribution in [2.24, 2.45) is 12.0 Å². The maximum Gasteiger partial charge on any atom is 0.203 e. The van der Waals surface area contributed by atoms with Gasteiger partial charge in [0.15, 0.2) is 17.5 Å². The summed E-state index contributed by atoms with van der Waals surface area (Å²) >= 11 is 0. The second-order valence-electron chi connectivity index (χ2n) is 6.28. The predicted octanol–water partition coefficient (Wildman–Crippen LogP) is 2.75. The fourth-order valence-corrected chi connectivity index (χ4v) is 2.84. The molecule has 162 valence electrons. The maximum absolute atomic E-state index is 5.41. The zero-order chi connectivity index (χ0) is 20.4. The monoisotopic (exact) mass is 517 g/mol. The molecule has 0 spiro atoms. The van der Waals surface area contributed by atoms with Crippen LogP contribution < -0.4 is 24.8 Å². The van der Waals surface area contributed by atoms with Gasteiger partial charge in [-0.3, -0.25) is 4.68 Å². The molecule has 2 rings (SSSR count). The van der Waals surface area contributed by atoms with Crippen LogP contribution in [0.4, 0.5) is 0 Å². The topological polar surface area (TPSA) is 81.9 Å². The van der Waals surface area contributed by atoms with Crippen molar-refractivity contribution in [1.82, 2.24) is 20.4 Å². The average molecular weight is 517 g/mol. The van der Waals surface area contributed by atoms with Gasteiger partial charge < -0.3 is 24.8 Å². The third kappa shape index (κ3) is 7.64. The molecular formula is C20H32IN5O3. The van der Waals surface area contributed by atoms with E-state index in [1.165, 1.54) is 5.56 Å². The Balaban J connectivity index is 0.00000420. The summed E-state index contributed by atoms with van der Waals surface area (Å²) in [5.74, 6) is 2.61. The summed E-state index contributed by atoms with van der Waals surface area (Å²) in [6.07, 6.45) is 5.93. The third-order valence-electron chi connectivity index (χ3n) is 4.18. The predicted molar refractivity (Wildman–Crippen MR) is 126 cm³/mol. The summed E-state index contributed by atoms with van der Waals surface area (Å²) in [6, 6.07) is 3.83. The minimum Gasteiger partial charge on any atom is -0.493 e. The first-order valence-corrected chi connectivity index (χ1v) is 9.39. The Morgan fingerprint density at radius 2 is 1.76 bits per heavy atom. The largest absolute Gasteiger partial charge is 0.493 e. The van der Waals surface area contributed by atoms with Crippen LogP contribution in [0, 0.1) is 0 Å². The zero-order valence-electron chi connectivity index (χ0n) is 17.8. The lowest BCUT2D eigenvalue weighted by Gasteiger charge is -2.14. The van der Waals surface area contributed by atoms with Crippen LogP contribution in [0.2, 0.25) is 0 Å². The van der Waals surface area contributed by atoms with Crippen molar-refractivity contribution in [2.75, 3.05) is 34.4 Å². The van der Waals surface area contributed by atoms with Crippen LogP contribution in [0.3, 0.4) is 0 Å². The van der Waals surface area contributed by atoms with E-state index in [1.807, 2.05) is 43.2 Å². The van der Waals surface area contributed by atoms with Crippen LogP contribution in [0.5, 0.6) is 17.2 Å². The van der Waals surface area contributed by atoms with Gasteiger partial charge in [-0.25, -0.2) is 4.99 Å². The number of halogens is 1. The van der Waals surface area contributed by atoms with Crippen molar-refractivity contribution < 1.29 is 14.2 Å². The molecule has 2 aromatic rings. The number of benzene rings is 1. The molecule has 29 heavy (non-hydrogen) atoms. The van der Waals surface area contributed by atoms with Gasteiger partial charge in [-0.05, 0) is 43.0 Å². The molecule has 0 aliphatic heterocycles. The minimum absolute atomic E-state index is 0. The molecule has 0 amide bonds. The molecule has 0 fully saturated rings. The average Bonchev–Trinajstić information content (AvgIpc) is 3.13. The molecule has 0 aliphatic rings. The summed E-state index contributed by atoms with van der Waals surface area (Å²) in [7, 11) is 6.74. The number of nitrogens with one attached hydrogen (secondary N) is 2. The van der Waals surface area contributed by atoms with Crippen LogP contribution >= 0.6 is 24.0 Å². The van der Waals surface area contributed by atoms with Gasteiger partial charge in [0, 0.05) is 26.3 Å². The number of guanidine groups is 1. The van der Waals surface area contributed by atoms with Crippen molar-refractivity contribution in [3.05, 3.63) is 35.7 Å². The Hall–Kier alpha value is -2.17.